The number of benzene rings is 1. The summed E-state index contributed by atoms with van der Waals surface area (Å²) in [4.78, 5) is 16.9. The van der Waals surface area contributed by atoms with Crippen LogP contribution in [0.4, 0.5) is 13.2 Å². The SMILES string of the molecule is Cc1c(C(=O)N[C@@H]2C(C)(C)[C@@H]3CC[C@@]2(C)C3)nc(C(F)(F)F)n1-c1ccccc1. The van der Waals surface area contributed by atoms with Crippen LogP contribution in [0, 0.1) is 23.7 Å². The van der Waals surface area contributed by atoms with Gasteiger partial charge in [-0.1, -0.05) is 39.0 Å². The zero-order valence-electron chi connectivity index (χ0n) is 17.1. The topological polar surface area (TPSA) is 46.9 Å². The number of hydrogen-bond donors (Lipinski definition) is 1. The molecule has 2 aliphatic rings. The molecule has 0 unspecified atom stereocenters. The number of fused-ring (bicyclic) bond motifs is 2. The molecule has 0 saturated heterocycles. The van der Waals surface area contributed by atoms with Gasteiger partial charge in [0.05, 0.1) is 5.69 Å². The van der Waals surface area contributed by atoms with E-state index in [1.807, 2.05) is 0 Å². The zero-order chi connectivity index (χ0) is 21.2. The lowest BCUT2D eigenvalue weighted by molar-refractivity contribution is -0.146. The van der Waals surface area contributed by atoms with E-state index in [4.69, 9.17) is 0 Å². The molecule has 3 atom stereocenters. The van der Waals surface area contributed by atoms with Crippen LogP contribution in [-0.4, -0.2) is 21.5 Å². The number of carbonyl (C=O) groups excluding carboxylic acids is 1. The fourth-order valence-electron chi connectivity index (χ4n) is 5.66. The molecule has 4 nitrogen and oxygen atoms in total. The van der Waals surface area contributed by atoms with Gasteiger partial charge in [0, 0.05) is 11.7 Å². The Kier molecular flexibility index (Phi) is 4.37. The largest absolute Gasteiger partial charge is 0.450 e. The Hall–Kier alpha value is -2.31. The van der Waals surface area contributed by atoms with Gasteiger partial charge in [0.25, 0.3) is 5.91 Å². The van der Waals surface area contributed by atoms with Crippen molar-refractivity contribution in [2.24, 2.45) is 16.7 Å². The summed E-state index contributed by atoms with van der Waals surface area (Å²) in [7, 11) is 0. The van der Waals surface area contributed by atoms with Gasteiger partial charge in [-0.05, 0) is 55.1 Å². The van der Waals surface area contributed by atoms with Crippen LogP contribution in [0.1, 0.15) is 62.0 Å². The molecule has 1 aromatic carbocycles. The number of rotatable bonds is 3. The van der Waals surface area contributed by atoms with E-state index in [2.05, 4.69) is 31.1 Å². The van der Waals surface area contributed by atoms with Crippen LogP contribution in [0.5, 0.6) is 0 Å². The summed E-state index contributed by atoms with van der Waals surface area (Å²) >= 11 is 0. The molecule has 0 spiro atoms. The van der Waals surface area contributed by atoms with Gasteiger partial charge in [0.1, 0.15) is 5.69 Å². The van der Waals surface area contributed by atoms with Crippen LogP contribution in [0.15, 0.2) is 30.3 Å². The second-order valence-corrected chi connectivity index (χ2v) is 9.36. The van der Waals surface area contributed by atoms with E-state index in [0.717, 1.165) is 23.8 Å². The number of aromatic nitrogens is 2. The first-order valence-electron chi connectivity index (χ1n) is 9.98. The molecule has 2 aliphatic carbocycles. The van der Waals surface area contributed by atoms with Crippen molar-refractivity contribution in [1.29, 1.82) is 0 Å². The van der Waals surface area contributed by atoms with Crippen LogP contribution in [-0.2, 0) is 6.18 Å². The highest BCUT2D eigenvalue weighted by Gasteiger charge is 2.59. The molecule has 2 bridgehead atoms. The van der Waals surface area contributed by atoms with Crippen molar-refractivity contribution in [3.05, 3.63) is 47.5 Å². The molecule has 1 amide bonds. The number of imidazole rings is 1. The van der Waals surface area contributed by atoms with Gasteiger partial charge >= 0.3 is 6.18 Å². The number of nitrogens with zero attached hydrogens (tertiary/aromatic N) is 2. The lowest BCUT2D eigenvalue weighted by Gasteiger charge is -2.43. The van der Waals surface area contributed by atoms with Gasteiger partial charge in [-0.25, -0.2) is 4.98 Å². The maximum atomic E-state index is 13.7. The molecular formula is C22H26F3N3O. The summed E-state index contributed by atoms with van der Waals surface area (Å²) in [5, 5.41) is 3.06. The average molecular weight is 405 g/mol. The monoisotopic (exact) mass is 405 g/mol. The summed E-state index contributed by atoms with van der Waals surface area (Å²) in [6, 6.07) is 8.11. The zero-order valence-corrected chi connectivity index (χ0v) is 17.1. The Bertz CT molecular complexity index is 943. The second-order valence-electron chi connectivity index (χ2n) is 9.36. The Labute approximate surface area is 168 Å². The van der Waals surface area contributed by atoms with Crippen LogP contribution in [0.2, 0.25) is 0 Å². The Morgan fingerprint density at radius 2 is 1.86 bits per heavy atom. The first-order valence-corrected chi connectivity index (χ1v) is 9.98. The minimum atomic E-state index is -4.67. The van der Waals surface area contributed by atoms with Crippen LogP contribution >= 0.6 is 0 Å². The van der Waals surface area contributed by atoms with E-state index in [-0.39, 0.29) is 28.3 Å². The molecular weight excluding hydrogens is 379 g/mol. The number of alkyl halides is 3. The highest BCUT2D eigenvalue weighted by Crippen LogP contribution is 2.62. The van der Waals surface area contributed by atoms with Gasteiger partial charge < -0.3 is 5.32 Å². The third kappa shape index (κ3) is 3.06. The van der Waals surface area contributed by atoms with Gasteiger partial charge in [-0.2, -0.15) is 13.2 Å². The molecule has 0 aliphatic heterocycles. The first kappa shape index (κ1) is 20.0. The van der Waals surface area contributed by atoms with Crippen molar-refractivity contribution in [1.82, 2.24) is 14.9 Å². The highest BCUT2D eigenvalue weighted by molar-refractivity contribution is 5.94. The number of hydrogen-bond acceptors (Lipinski definition) is 2. The quantitative estimate of drug-likeness (QED) is 0.768. The summed E-state index contributed by atoms with van der Waals surface area (Å²) in [5.41, 5.74) is 0.240. The van der Waals surface area contributed by atoms with Crippen molar-refractivity contribution in [2.45, 2.75) is 59.2 Å². The molecule has 2 saturated carbocycles. The van der Waals surface area contributed by atoms with E-state index in [0.29, 0.717) is 11.6 Å². The Morgan fingerprint density at radius 1 is 1.21 bits per heavy atom. The first-order chi connectivity index (χ1) is 13.4. The number of carbonyl (C=O) groups is 1. The summed E-state index contributed by atoms with van der Waals surface area (Å²) in [5.74, 6) is -1.09. The molecule has 156 valence electrons. The normalized spacial score (nSPS) is 28.0. The van der Waals surface area contributed by atoms with Gasteiger partial charge in [-0.15, -0.1) is 0 Å². The number of nitrogens with one attached hydrogen (secondary N) is 1. The molecule has 1 heterocycles. The van der Waals surface area contributed by atoms with E-state index in [1.54, 1.807) is 30.3 Å². The molecule has 7 heteroatoms. The van der Waals surface area contributed by atoms with E-state index in [1.165, 1.54) is 6.92 Å². The summed E-state index contributed by atoms with van der Waals surface area (Å²) < 4.78 is 42.1. The molecule has 1 N–H and O–H groups in total. The molecule has 29 heavy (non-hydrogen) atoms. The van der Waals surface area contributed by atoms with Crippen LogP contribution in [0.25, 0.3) is 5.69 Å². The summed E-state index contributed by atoms with van der Waals surface area (Å²) in [6.07, 6.45) is -1.47. The smallest absolute Gasteiger partial charge is 0.347 e. The fourth-order valence-corrected chi connectivity index (χ4v) is 5.66. The van der Waals surface area contributed by atoms with Crippen molar-refractivity contribution in [2.75, 3.05) is 0 Å². The molecule has 1 aromatic heterocycles. The maximum Gasteiger partial charge on any atom is 0.450 e. The highest BCUT2D eigenvalue weighted by atomic mass is 19.4. The number of para-hydroxylation sites is 1. The number of amides is 1. The van der Waals surface area contributed by atoms with Crippen LogP contribution < -0.4 is 5.32 Å². The molecule has 4 rings (SSSR count). The molecule has 0 radical (unpaired) electrons. The van der Waals surface area contributed by atoms with Gasteiger partial charge in [-0.3, -0.25) is 9.36 Å². The predicted octanol–water partition coefficient (Wildman–Crippen LogP) is 5.14. The lowest BCUT2D eigenvalue weighted by Crippen LogP contribution is -2.52. The Morgan fingerprint density at radius 3 is 2.41 bits per heavy atom. The standard InChI is InChI=1S/C22H26F3N3O/c1-13-16(17(29)27-18-20(2,3)14-10-11-21(18,4)12-14)26-19(22(23,24)25)28(13)15-8-6-5-7-9-15/h5-9,14,18H,10-12H2,1-4H3,(H,27,29)/t14-,18-,21+/m1/s1. The van der Waals surface area contributed by atoms with Crippen molar-refractivity contribution in [3.63, 3.8) is 0 Å². The predicted molar refractivity (Wildman–Crippen MR) is 104 cm³/mol. The van der Waals surface area contributed by atoms with Crippen molar-refractivity contribution < 1.29 is 18.0 Å². The fraction of sp³-hybridized carbons (Fsp3) is 0.545. The maximum absolute atomic E-state index is 13.7. The third-order valence-corrected chi connectivity index (χ3v) is 7.14. The minimum absolute atomic E-state index is 0.0212. The van der Waals surface area contributed by atoms with E-state index < -0.39 is 17.9 Å². The van der Waals surface area contributed by atoms with E-state index in [9.17, 15) is 18.0 Å². The summed E-state index contributed by atoms with van der Waals surface area (Å²) in [6.45, 7) is 7.97. The van der Waals surface area contributed by atoms with Crippen molar-refractivity contribution >= 4 is 5.91 Å². The van der Waals surface area contributed by atoms with Gasteiger partial charge in [0.2, 0.25) is 5.82 Å². The third-order valence-electron chi connectivity index (χ3n) is 7.14. The lowest BCUT2D eigenvalue weighted by atomic mass is 9.68. The average Bonchev–Trinajstić information content (AvgIpc) is 3.25. The van der Waals surface area contributed by atoms with Crippen molar-refractivity contribution in [3.8, 4) is 5.69 Å². The molecule has 2 aromatic rings. The second kappa shape index (κ2) is 6.34. The Balaban J connectivity index is 1.72. The van der Waals surface area contributed by atoms with Gasteiger partial charge in [0.15, 0.2) is 0 Å². The van der Waals surface area contributed by atoms with E-state index >= 15 is 0 Å². The minimum Gasteiger partial charge on any atom is -0.347 e. The van der Waals surface area contributed by atoms with Crippen LogP contribution in [0.3, 0.4) is 0 Å². The number of halogens is 3. The molecule has 2 fully saturated rings.